The van der Waals surface area contributed by atoms with Gasteiger partial charge in [-0.15, -0.1) is 0 Å². The van der Waals surface area contributed by atoms with Crippen LogP contribution in [0.15, 0.2) is 18.2 Å². The van der Waals surface area contributed by atoms with E-state index in [1.54, 1.807) is 0 Å². The maximum absolute atomic E-state index is 6.24. The number of piperidine rings is 1. The van der Waals surface area contributed by atoms with Crippen molar-refractivity contribution in [3.63, 3.8) is 0 Å². The Kier molecular flexibility index (Phi) is 3.46. The molecule has 1 N–H and O–H groups in total. The first-order chi connectivity index (χ1) is 8.75. The third-order valence-electron chi connectivity index (χ3n) is 3.48. The van der Waals surface area contributed by atoms with Crippen LogP contribution in [0.5, 0.6) is 0 Å². The summed E-state index contributed by atoms with van der Waals surface area (Å²) in [4.78, 5) is 4.45. The van der Waals surface area contributed by atoms with E-state index >= 15 is 0 Å². The molecule has 2 aromatic heterocycles. The van der Waals surface area contributed by atoms with Crippen molar-refractivity contribution in [2.75, 3.05) is 6.54 Å². The van der Waals surface area contributed by atoms with Crippen LogP contribution in [0, 0.1) is 0 Å². The molecule has 0 aliphatic carbocycles. The van der Waals surface area contributed by atoms with Crippen LogP contribution in [-0.2, 0) is 6.42 Å². The van der Waals surface area contributed by atoms with Crippen LogP contribution in [0.25, 0.3) is 5.52 Å². The molecule has 96 valence electrons. The van der Waals surface area contributed by atoms with Gasteiger partial charge in [-0.3, -0.25) is 4.40 Å². The summed E-state index contributed by atoms with van der Waals surface area (Å²) in [7, 11) is 0. The van der Waals surface area contributed by atoms with Crippen molar-refractivity contribution in [2.45, 2.75) is 31.7 Å². The maximum atomic E-state index is 6.24. The summed E-state index contributed by atoms with van der Waals surface area (Å²) in [6.45, 7) is 1.09. The highest BCUT2D eigenvalue weighted by Gasteiger charge is 2.18. The number of imidazole rings is 1. The molecule has 1 saturated heterocycles. The molecule has 3 nitrogen and oxygen atoms in total. The Bertz CT molecular complexity index is 559. The standard InChI is InChI=1S/C13H15Cl2N3/c14-11-6-3-5-10-13(15)17-12(18(10)11)8-9-4-1-2-7-16-9/h3,5-6,9,16H,1-2,4,7-8H2. The molecule has 2 aromatic rings. The second-order valence-corrected chi connectivity index (χ2v) is 5.48. The van der Waals surface area contributed by atoms with Crippen molar-refractivity contribution < 1.29 is 0 Å². The number of hydrogen-bond acceptors (Lipinski definition) is 2. The van der Waals surface area contributed by atoms with Crippen molar-refractivity contribution >= 4 is 28.7 Å². The molecular weight excluding hydrogens is 269 g/mol. The van der Waals surface area contributed by atoms with E-state index in [4.69, 9.17) is 23.2 Å². The Balaban J connectivity index is 1.96. The zero-order valence-electron chi connectivity index (χ0n) is 10.00. The number of halogens is 2. The minimum Gasteiger partial charge on any atom is -0.314 e. The zero-order chi connectivity index (χ0) is 12.5. The molecular formula is C13H15Cl2N3. The first-order valence-electron chi connectivity index (χ1n) is 6.30. The Hall–Kier alpha value is -0.770. The monoisotopic (exact) mass is 283 g/mol. The third-order valence-corrected chi connectivity index (χ3v) is 4.05. The van der Waals surface area contributed by atoms with Gasteiger partial charge in [-0.05, 0) is 31.5 Å². The smallest absolute Gasteiger partial charge is 0.155 e. The van der Waals surface area contributed by atoms with E-state index in [0.717, 1.165) is 24.3 Å². The minimum absolute atomic E-state index is 0.483. The molecule has 0 aromatic carbocycles. The second kappa shape index (κ2) is 5.08. The lowest BCUT2D eigenvalue weighted by Gasteiger charge is -2.22. The fourth-order valence-corrected chi connectivity index (χ4v) is 3.09. The van der Waals surface area contributed by atoms with Crippen LogP contribution in [0.2, 0.25) is 10.3 Å². The normalized spacial score (nSPS) is 20.4. The van der Waals surface area contributed by atoms with Gasteiger partial charge in [0.1, 0.15) is 11.0 Å². The highest BCUT2D eigenvalue weighted by molar-refractivity contribution is 6.33. The van der Waals surface area contributed by atoms with Crippen LogP contribution >= 0.6 is 23.2 Å². The van der Waals surface area contributed by atoms with Gasteiger partial charge in [0.25, 0.3) is 0 Å². The third kappa shape index (κ3) is 2.22. The van der Waals surface area contributed by atoms with Crippen molar-refractivity contribution in [1.82, 2.24) is 14.7 Å². The van der Waals surface area contributed by atoms with E-state index in [0.29, 0.717) is 16.3 Å². The summed E-state index contributed by atoms with van der Waals surface area (Å²) < 4.78 is 1.94. The lowest BCUT2D eigenvalue weighted by Crippen LogP contribution is -2.36. The number of rotatable bonds is 2. The topological polar surface area (TPSA) is 29.3 Å². The van der Waals surface area contributed by atoms with Crippen LogP contribution in [0.3, 0.4) is 0 Å². The van der Waals surface area contributed by atoms with Crippen molar-refractivity contribution in [1.29, 1.82) is 0 Å². The first-order valence-corrected chi connectivity index (χ1v) is 7.06. The molecule has 0 amide bonds. The number of aromatic nitrogens is 2. The van der Waals surface area contributed by atoms with Crippen LogP contribution in [0.4, 0.5) is 0 Å². The molecule has 0 spiro atoms. The molecule has 18 heavy (non-hydrogen) atoms. The van der Waals surface area contributed by atoms with E-state index < -0.39 is 0 Å². The SMILES string of the molecule is Clc1nc(CC2CCCCN2)n2c(Cl)cccc12. The summed E-state index contributed by atoms with van der Waals surface area (Å²) >= 11 is 12.4. The Morgan fingerprint density at radius 2 is 2.22 bits per heavy atom. The van der Waals surface area contributed by atoms with Gasteiger partial charge in [-0.1, -0.05) is 35.7 Å². The highest BCUT2D eigenvalue weighted by atomic mass is 35.5. The average Bonchev–Trinajstić information content (AvgIpc) is 2.69. The van der Waals surface area contributed by atoms with E-state index in [1.165, 1.54) is 19.3 Å². The second-order valence-electron chi connectivity index (χ2n) is 4.74. The largest absolute Gasteiger partial charge is 0.314 e. The molecule has 5 heteroatoms. The molecule has 0 bridgehead atoms. The first kappa shape index (κ1) is 12.3. The van der Waals surface area contributed by atoms with Crippen molar-refractivity contribution in [2.24, 2.45) is 0 Å². The Morgan fingerprint density at radius 3 is 3.00 bits per heavy atom. The van der Waals surface area contributed by atoms with Gasteiger partial charge in [0, 0.05) is 12.5 Å². The van der Waals surface area contributed by atoms with E-state index in [-0.39, 0.29) is 0 Å². The molecule has 0 radical (unpaired) electrons. The number of pyridine rings is 1. The zero-order valence-corrected chi connectivity index (χ0v) is 11.5. The van der Waals surface area contributed by atoms with E-state index in [2.05, 4.69) is 10.3 Å². The number of hydrogen-bond donors (Lipinski definition) is 1. The average molecular weight is 284 g/mol. The minimum atomic E-state index is 0.483. The van der Waals surface area contributed by atoms with E-state index in [1.807, 2.05) is 22.6 Å². The summed E-state index contributed by atoms with van der Waals surface area (Å²) in [5, 5.41) is 4.72. The quantitative estimate of drug-likeness (QED) is 0.857. The van der Waals surface area contributed by atoms with Gasteiger partial charge in [-0.2, -0.15) is 0 Å². The molecule has 0 saturated carbocycles. The van der Waals surface area contributed by atoms with Crippen molar-refractivity contribution in [3.05, 3.63) is 34.3 Å². The highest BCUT2D eigenvalue weighted by Crippen LogP contribution is 2.24. The molecule has 3 rings (SSSR count). The molecule has 1 aliphatic heterocycles. The van der Waals surface area contributed by atoms with Gasteiger partial charge in [0.15, 0.2) is 5.15 Å². The van der Waals surface area contributed by atoms with Gasteiger partial charge in [0.05, 0.1) is 5.52 Å². The van der Waals surface area contributed by atoms with Crippen LogP contribution in [-0.4, -0.2) is 22.0 Å². The summed E-state index contributed by atoms with van der Waals surface area (Å²) in [6.07, 6.45) is 4.61. The Labute approximate surface area is 116 Å². The summed E-state index contributed by atoms with van der Waals surface area (Å²) in [6, 6.07) is 6.19. The number of fused-ring (bicyclic) bond motifs is 1. The van der Waals surface area contributed by atoms with E-state index in [9.17, 15) is 0 Å². The molecule has 3 heterocycles. The number of nitrogens with one attached hydrogen (secondary N) is 1. The summed E-state index contributed by atoms with van der Waals surface area (Å²) in [5.41, 5.74) is 0.884. The predicted molar refractivity (Wildman–Crippen MR) is 74.6 cm³/mol. The molecule has 1 atom stereocenters. The fourth-order valence-electron chi connectivity index (χ4n) is 2.58. The van der Waals surface area contributed by atoms with Gasteiger partial charge >= 0.3 is 0 Å². The Morgan fingerprint density at radius 1 is 1.33 bits per heavy atom. The maximum Gasteiger partial charge on any atom is 0.155 e. The van der Waals surface area contributed by atoms with Gasteiger partial charge in [-0.25, -0.2) is 4.98 Å². The van der Waals surface area contributed by atoms with Gasteiger partial charge < -0.3 is 5.32 Å². The van der Waals surface area contributed by atoms with Crippen molar-refractivity contribution in [3.8, 4) is 0 Å². The molecule has 1 aliphatic rings. The fraction of sp³-hybridized carbons (Fsp3) is 0.462. The molecule has 1 unspecified atom stereocenters. The molecule has 1 fully saturated rings. The van der Waals surface area contributed by atoms with Crippen LogP contribution in [0.1, 0.15) is 25.1 Å². The summed E-state index contributed by atoms with van der Waals surface area (Å²) in [5.74, 6) is 0.944. The predicted octanol–water partition coefficient (Wildman–Crippen LogP) is 3.33. The van der Waals surface area contributed by atoms with Crippen LogP contribution < -0.4 is 5.32 Å². The lowest BCUT2D eigenvalue weighted by molar-refractivity contribution is 0.394. The van der Waals surface area contributed by atoms with Gasteiger partial charge in [0.2, 0.25) is 0 Å². The number of nitrogens with zero attached hydrogens (tertiary/aromatic N) is 2. The lowest BCUT2D eigenvalue weighted by atomic mass is 10.0.